The minimum atomic E-state index is -3.66. The van der Waals surface area contributed by atoms with Gasteiger partial charge in [0.25, 0.3) is 0 Å². The van der Waals surface area contributed by atoms with E-state index >= 15 is 0 Å². The number of rotatable bonds is 5. The lowest BCUT2D eigenvalue weighted by Crippen LogP contribution is -2.39. The second-order valence-corrected chi connectivity index (χ2v) is 8.72. The molecule has 0 unspecified atom stereocenters. The molecule has 1 aliphatic carbocycles. The highest BCUT2D eigenvalue weighted by atomic mass is 32.2. The third kappa shape index (κ3) is 4.13. The Labute approximate surface area is 164 Å². The summed E-state index contributed by atoms with van der Waals surface area (Å²) in [7, 11) is -3.66. The second kappa shape index (κ2) is 7.81. The van der Waals surface area contributed by atoms with Crippen molar-refractivity contribution in [3.05, 3.63) is 54.6 Å². The van der Waals surface area contributed by atoms with E-state index in [1.807, 2.05) is 25.1 Å². The maximum Gasteiger partial charge on any atom is 0.242 e. The van der Waals surface area contributed by atoms with E-state index in [1.54, 1.807) is 30.7 Å². The van der Waals surface area contributed by atoms with Gasteiger partial charge in [-0.15, -0.1) is 0 Å². The van der Waals surface area contributed by atoms with Crippen molar-refractivity contribution in [2.24, 2.45) is 0 Å². The normalized spacial score (nSPS) is 20.2. The van der Waals surface area contributed by atoms with E-state index in [0.717, 1.165) is 23.9 Å². The molecule has 1 aromatic carbocycles. The summed E-state index contributed by atoms with van der Waals surface area (Å²) in [6.45, 7) is 1.86. The zero-order valence-corrected chi connectivity index (χ0v) is 16.4. The van der Waals surface area contributed by atoms with Crippen LogP contribution in [0.5, 0.6) is 5.88 Å². The van der Waals surface area contributed by atoms with Crippen LogP contribution in [0, 0.1) is 6.92 Å². The van der Waals surface area contributed by atoms with Crippen LogP contribution in [0.3, 0.4) is 0 Å². The summed E-state index contributed by atoms with van der Waals surface area (Å²) >= 11 is 0. The first-order valence-corrected chi connectivity index (χ1v) is 10.8. The number of hydrogen-bond donors (Lipinski definition) is 1. The first-order chi connectivity index (χ1) is 13.5. The first kappa shape index (κ1) is 18.8. The van der Waals surface area contributed by atoms with Crippen LogP contribution in [0.25, 0.3) is 10.9 Å². The molecular weight excluding hydrogens is 376 g/mol. The van der Waals surface area contributed by atoms with Crippen molar-refractivity contribution >= 4 is 20.9 Å². The Bertz CT molecular complexity index is 1070. The zero-order valence-electron chi connectivity index (χ0n) is 15.6. The van der Waals surface area contributed by atoms with Gasteiger partial charge in [0.05, 0.1) is 11.7 Å². The van der Waals surface area contributed by atoms with E-state index < -0.39 is 10.0 Å². The molecule has 0 aliphatic heterocycles. The molecule has 28 heavy (non-hydrogen) atoms. The number of benzene rings is 1. The van der Waals surface area contributed by atoms with Crippen molar-refractivity contribution in [3.8, 4) is 5.88 Å². The molecule has 1 fully saturated rings. The Hall–Kier alpha value is -2.58. The molecule has 0 spiro atoms. The standard InChI is InChI=1S/C20H22N4O3S/c1-14-5-6-15-3-2-4-18(20(15)23-14)28(25,26)24-16-7-9-17(10-8-16)27-19-13-21-11-12-22-19/h2-6,11-13,16-17,24H,7-10H2,1H3. The molecule has 2 aromatic heterocycles. The number of nitrogens with zero attached hydrogens (tertiary/aromatic N) is 3. The maximum absolute atomic E-state index is 13.0. The van der Waals surface area contributed by atoms with Crippen LogP contribution >= 0.6 is 0 Å². The second-order valence-electron chi connectivity index (χ2n) is 7.04. The maximum atomic E-state index is 13.0. The van der Waals surface area contributed by atoms with Crippen LogP contribution in [-0.2, 0) is 10.0 Å². The Balaban J connectivity index is 1.44. The topological polar surface area (TPSA) is 94.1 Å². The molecule has 3 aromatic rings. The van der Waals surface area contributed by atoms with Crippen LogP contribution in [0.2, 0.25) is 0 Å². The number of aromatic nitrogens is 3. The van der Waals surface area contributed by atoms with Crippen LogP contribution in [0.1, 0.15) is 31.4 Å². The summed E-state index contributed by atoms with van der Waals surface area (Å²) in [4.78, 5) is 12.8. The van der Waals surface area contributed by atoms with E-state index in [0.29, 0.717) is 24.2 Å². The Morgan fingerprint density at radius 3 is 2.64 bits per heavy atom. The van der Waals surface area contributed by atoms with Gasteiger partial charge < -0.3 is 4.74 Å². The predicted octanol–water partition coefficient (Wildman–Crippen LogP) is 3.00. The number of para-hydroxylation sites is 1. The van der Waals surface area contributed by atoms with E-state index in [9.17, 15) is 8.42 Å². The third-order valence-corrected chi connectivity index (χ3v) is 6.49. The zero-order chi connectivity index (χ0) is 19.6. The number of pyridine rings is 1. The lowest BCUT2D eigenvalue weighted by Gasteiger charge is -2.29. The number of aryl methyl sites for hydroxylation is 1. The number of hydrogen-bond acceptors (Lipinski definition) is 6. The highest BCUT2D eigenvalue weighted by Gasteiger charge is 2.28. The Morgan fingerprint density at radius 2 is 1.89 bits per heavy atom. The minimum Gasteiger partial charge on any atom is -0.473 e. The van der Waals surface area contributed by atoms with Crippen LogP contribution < -0.4 is 9.46 Å². The average Bonchev–Trinajstić information content (AvgIpc) is 2.69. The van der Waals surface area contributed by atoms with E-state index in [-0.39, 0.29) is 17.0 Å². The van der Waals surface area contributed by atoms with E-state index in [2.05, 4.69) is 19.7 Å². The van der Waals surface area contributed by atoms with Gasteiger partial charge in [0.2, 0.25) is 15.9 Å². The van der Waals surface area contributed by atoms with Crippen LogP contribution in [0.4, 0.5) is 0 Å². The molecule has 1 aliphatic rings. The summed E-state index contributed by atoms with van der Waals surface area (Å²) in [6.07, 6.45) is 7.75. The molecule has 0 radical (unpaired) electrons. The van der Waals surface area contributed by atoms with Crippen molar-refractivity contribution in [1.29, 1.82) is 0 Å². The van der Waals surface area contributed by atoms with Gasteiger partial charge in [-0.25, -0.2) is 18.1 Å². The summed E-state index contributed by atoms with van der Waals surface area (Å²) in [5.74, 6) is 0.503. The Morgan fingerprint density at radius 1 is 1.07 bits per heavy atom. The fraction of sp³-hybridized carbons (Fsp3) is 0.350. The predicted molar refractivity (Wildman–Crippen MR) is 106 cm³/mol. The fourth-order valence-electron chi connectivity index (χ4n) is 3.53. The van der Waals surface area contributed by atoms with Crippen molar-refractivity contribution in [3.63, 3.8) is 0 Å². The molecule has 7 nitrogen and oxygen atoms in total. The largest absolute Gasteiger partial charge is 0.473 e. The van der Waals surface area contributed by atoms with Gasteiger partial charge in [-0.05, 0) is 44.7 Å². The van der Waals surface area contributed by atoms with Gasteiger partial charge in [0.15, 0.2) is 0 Å². The third-order valence-electron chi connectivity index (χ3n) is 4.93. The van der Waals surface area contributed by atoms with Crippen molar-refractivity contribution < 1.29 is 13.2 Å². The molecule has 1 saturated carbocycles. The van der Waals surface area contributed by atoms with Crippen molar-refractivity contribution in [1.82, 2.24) is 19.7 Å². The van der Waals surface area contributed by atoms with Gasteiger partial charge in [-0.2, -0.15) is 0 Å². The smallest absolute Gasteiger partial charge is 0.242 e. The molecule has 2 heterocycles. The molecule has 0 atom stereocenters. The molecular formula is C20H22N4O3S. The number of fused-ring (bicyclic) bond motifs is 1. The monoisotopic (exact) mass is 398 g/mol. The highest BCUT2D eigenvalue weighted by Crippen LogP contribution is 2.26. The minimum absolute atomic E-state index is 0.0272. The molecule has 0 amide bonds. The number of sulfonamides is 1. The summed E-state index contributed by atoms with van der Waals surface area (Å²) in [5, 5.41) is 0.814. The molecule has 1 N–H and O–H groups in total. The lowest BCUT2D eigenvalue weighted by molar-refractivity contribution is 0.138. The average molecular weight is 398 g/mol. The molecule has 0 bridgehead atoms. The van der Waals surface area contributed by atoms with Crippen molar-refractivity contribution in [2.75, 3.05) is 0 Å². The SMILES string of the molecule is Cc1ccc2cccc(S(=O)(=O)NC3CCC(Oc4cnccn4)CC3)c2n1. The van der Waals surface area contributed by atoms with Gasteiger partial charge >= 0.3 is 0 Å². The lowest BCUT2D eigenvalue weighted by atomic mass is 9.94. The summed E-state index contributed by atoms with van der Waals surface area (Å²) in [6, 6.07) is 8.89. The van der Waals surface area contributed by atoms with E-state index in [4.69, 9.17) is 4.74 Å². The van der Waals surface area contributed by atoms with E-state index in [1.165, 1.54) is 0 Å². The van der Waals surface area contributed by atoms with Crippen molar-refractivity contribution in [2.45, 2.75) is 49.6 Å². The number of nitrogens with one attached hydrogen (secondary N) is 1. The summed E-state index contributed by atoms with van der Waals surface area (Å²) in [5.41, 5.74) is 1.30. The molecule has 8 heteroatoms. The highest BCUT2D eigenvalue weighted by molar-refractivity contribution is 7.89. The van der Waals surface area contributed by atoms with Crippen LogP contribution in [-0.4, -0.2) is 35.5 Å². The number of ether oxygens (including phenoxy) is 1. The van der Waals surface area contributed by atoms with Gasteiger partial charge in [-0.3, -0.25) is 9.97 Å². The molecule has 146 valence electrons. The van der Waals surface area contributed by atoms with Gasteiger partial charge in [-0.1, -0.05) is 18.2 Å². The van der Waals surface area contributed by atoms with Gasteiger partial charge in [0, 0.05) is 29.5 Å². The van der Waals surface area contributed by atoms with Crippen LogP contribution in [0.15, 0.2) is 53.8 Å². The Kier molecular flexibility index (Phi) is 5.23. The fourth-order valence-corrected chi connectivity index (χ4v) is 5.01. The molecule has 4 rings (SSSR count). The van der Waals surface area contributed by atoms with Gasteiger partial charge in [0.1, 0.15) is 11.0 Å². The summed E-state index contributed by atoms with van der Waals surface area (Å²) < 4.78 is 34.7. The molecule has 0 saturated heterocycles. The first-order valence-electron chi connectivity index (χ1n) is 9.33. The quantitative estimate of drug-likeness (QED) is 0.710.